The van der Waals surface area contributed by atoms with Crippen molar-refractivity contribution in [3.63, 3.8) is 0 Å². The van der Waals surface area contributed by atoms with Crippen molar-refractivity contribution in [2.24, 2.45) is 5.92 Å². The number of carbonyl (C=O) groups is 1. The zero-order chi connectivity index (χ0) is 13.5. The highest BCUT2D eigenvalue weighted by Gasteiger charge is 2.12. The number of nitrogens with zero attached hydrogens (tertiary/aromatic N) is 1. The molecule has 4 heteroatoms. The number of amides is 1. The van der Waals surface area contributed by atoms with Gasteiger partial charge in [-0.25, -0.2) is 0 Å². The molecule has 1 heterocycles. The van der Waals surface area contributed by atoms with Crippen LogP contribution in [0.3, 0.4) is 0 Å². The topological polar surface area (TPSA) is 51.2 Å². The molecule has 1 rings (SSSR count). The number of allylic oxidation sites excluding steroid dienone is 1. The monoisotopic (exact) mass is 248 g/mol. The van der Waals surface area contributed by atoms with Crippen molar-refractivity contribution in [2.75, 3.05) is 7.11 Å². The summed E-state index contributed by atoms with van der Waals surface area (Å²) in [6.45, 7) is 8.10. The van der Waals surface area contributed by atoms with E-state index in [9.17, 15) is 4.79 Å². The first-order valence-corrected chi connectivity index (χ1v) is 5.93. The lowest BCUT2D eigenvalue weighted by Crippen LogP contribution is -2.28. The Morgan fingerprint density at radius 3 is 2.89 bits per heavy atom. The van der Waals surface area contributed by atoms with Gasteiger partial charge in [-0.05, 0) is 25.0 Å². The smallest absolute Gasteiger partial charge is 0.223 e. The van der Waals surface area contributed by atoms with Crippen LogP contribution >= 0.6 is 0 Å². The first kappa shape index (κ1) is 14.2. The van der Waals surface area contributed by atoms with Crippen LogP contribution in [-0.4, -0.2) is 18.0 Å². The minimum absolute atomic E-state index is 0.0285. The van der Waals surface area contributed by atoms with Crippen molar-refractivity contribution in [1.29, 1.82) is 0 Å². The van der Waals surface area contributed by atoms with E-state index >= 15 is 0 Å². The molecule has 0 aliphatic rings. The van der Waals surface area contributed by atoms with Gasteiger partial charge in [-0.15, -0.1) is 6.58 Å². The van der Waals surface area contributed by atoms with Crippen LogP contribution in [0.5, 0.6) is 5.75 Å². The number of rotatable bonds is 6. The van der Waals surface area contributed by atoms with E-state index < -0.39 is 0 Å². The Hall–Kier alpha value is -1.84. The maximum atomic E-state index is 11.8. The molecule has 1 N–H and O–H groups in total. The molecule has 0 fully saturated rings. The standard InChI is InChI=1S/C14H20N2O2/c1-10(2)5-11(3)14(17)16-8-12-6-13(18-4)9-15-7-12/h6-7,9,11H,1,5,8H2,2-4H3,(H,16,17). The molecule has 98 valence electrons. The zero-order valence-electron chi connectivity index (χ0n) is 11.2. The highest BCUT2D eigenvalue weighted by atomic mass is 16.5. The average molecular weight is 248 g/mol. The van der Waals surface area contributed by atoms with Crippen LogP contribution in [0, 0.1) is 5.92 Å². The van der Waals surface area contributed by atoms with Gasteiger partial charge in [0.15, 0.2) is 0 Å². The molecule has 0 saturated carbocycles. The Balaban J connectivity index is 2.49. The number of aromatic nitrogens is 1. The average Bonchev–Trinajstić information content (AvgIpc) is 2.35. The minimum atomic E-state index is -0.0546. The van der Waals surface area contributed by atoms with Gasteiger partial charge in [-0.1, -0.05) is 12.5 Å². The minimum Gasteiger partial charge on any atom is -0.495 e. The first-order chi connectivity index (χ1) is 8.52. The van der Waals surface area contributed by atoms with Crippen LogP contribution in [0.1, 0.15) is 25.8 Å². The molecular formula is C14H20N2O2. The molecule has 1 aromatic rings. The van der Waals surface area contributed by atoms with E-state index in [1.807, 2.05) is 19.9 Å². The number of ether oxygens (including phenoxy) is 1. The molecule has 4 nitrogen and oxygen atoms in total. The van der Waals surface area contributed by atoms with Gasteiger partial charge in [0, 0.05) is 18.7 Å². The summed E-state index contributed by atoms with van der Waals surface area (Å²) in [5.74, 6) is 0.665. The zero-order valence-corrected chi connectivity index (χ0v) is 11.2. The quantitative estimate of drug-likeness (QED) is 0.786. The van der Waals surface area contributed by atoms with Crippen molar-refractivity contribution in [3.8, 4) is 5.75 Å². The Morgan fingerprint density at radius 1 is 1.56 bits per heavy atom. The number of hydrogen-bond donors (Lipinski definition) is 1. The van der Waals surface area contributed by atoms with E-state index in [1.54, 1.807) is 19.5 Å². The van der Waals surface area contributed by atoms with Gasteiger partial charge in [-0.2, -0.15) is 0 Å². The summed E-state index contributed by atoms with van der Waals surface area (Å²) in [7, 11) is 1.59. The molecule has 0 aliphatic carbocycles. The molecule has 0 radical (unpaired) electrons. The molecule has 0 bridgehead atoms. The van der Waals surface area contributed by atoms with Crippen molar-refractivity contribution in [2.45, 2.75) is 26.8 Å². The highest BCUT2D eigenvalue weighted by Crippen LogP contribution is 2.11. The fourth-order valence-electron chi connectivity index (χ4n) is 1.65. The van der Waals surface area contributed by atoms with Gasteiger partial charge in [0.1, 0.15) is 5.75 Å². The summed E-state index contributed by atoms with van der Waals surface area (Å²) in [4.78, 5) is 15.8. The fraction of sp³-hybridized carbons (Fsp3) is 0.429. The third-order valence-electron chi connectivity index (χ3n) is 2.57. The molecule has 1 atom stereocenters. The number of hydrogen-bond acceptors (Lipinski definition) is 3. The van der Waals surface area contributed by atoms with Crippen LogP contribution in [0.15, 0.2) is 30.6 Å². The van der Waals surface area contributed by atoms with Gasteiger partial charge < -0.3 is 10.1 Å². The van der Waals surface area contributed by atoms with Crippen LogP contribution in [0.2, 0.25) is 0 Å². The van der Waals surface area contributed by atoms with E-state index in [4.69, 9.17) is 4.74 Å². The van der Waals surface area contributed by atoms with E-state index in [2.05, 4.69) is 16.9 Å². The Labute approximate surface area is 108 Å². The summed E-state index contributed by atoms with van der Waals surface area (Å²) in [5, 5.41) is 2.88. The van der Waals surface area contributed by atoms with Crippen molar-refractivity contribution >= 4 is 5.91 Å². The van der Waals surface area contributed by atoms with E-state index in [0.717, 1.165) is 11.1 Å². The lowest BCUT2D eigenvalue weighted by molar-refractivity contribution is -0.124. The lowest BCUT2D eigenvalue weighted by atomic mass is 10.0. The third-order valence-corrected chi connectivity index (χ3v) is 2.57. The molecule has 18 heavy (non-hydrogen) atoms. The van der Waals surface area contributed by atoms with Gasteiger partial charge in [0.05, 0.1) is 13.3 Å². The van der Waals surface area contributed by atoms with Gasteiger partial charge in [0.25, 0.3) is 0 Å². The van der Waals surface area contributed by atoms with Crippen molar-refractivity contribution in [3.05, 3.63) is 36.2 Å². The first-order valence-electron chi connectivity index (χ1n) is 5.93. The third kappa shape index (κ3) is 4.57. The molecular weight excluding hydrogens is 228 g/mol. The second-order valence-electron chi connectivity index (χ2n) is 4.51. The molecule has 0 spiro atoms. The predicted molar refractivity (Wildman–Crippen MR) is 71.2 cm³/mol. The molecule has 0 aliphatic heterocycles. The summed E-state index contributed by atoms with van der Waals surface area (Å²) < 4.78 is 5.07. The normalized spacial score (nSPS) is 11.7. The number of carbonyl (C=O) groups excluding carboxylic acids is 1. The molecule has 1 unspecified atom stereocenters. The van der Waals surface area contributed by atoms with E-state index in [1.165, 1.54) is 0 Å². The van der Waals surface area contributed by atoms with Gasteiger partial charge in [-0.3, -0.25) is 9.78 Å². The molecule has 0 aromatic carbocycles. The van der Waals surface area contributed by atoms with Crippen LogP contribution in [-0.2, 0) is 11.3 Å². The van der Waals surface area contributed by atoms with E-state index in [0.29, 0.717) is 18.7 Å². The maximum absolute atomic E-state index is 11.8. The summed E-state index contributed by atoms with van der Waals surface area (Å²) in [6, 6.07) is 1.86. The van der Waals surface area contributed by atoms with Crippen molar-refractivity contribution < 1.29 is 9.53 Å². The maximum Gasteiger partial charge on any atom is 0.223 e. The lowest BCUT2D eigenvalue weighted by Gasteiger charge is -2.12. The SMILES string of the molecule is C=C(C)CC(C)C(=O)NCc1cncc(OC)c1. The second kappa shape index (κ2) is 6.79. The van der Waals surface area contributed by atoms with Crippen molar-refractivity contribution in [1.82, 2.24) is 10.3 Å². The largest absolute Gasteiger partial charge is 0.495 e. The molecule has 1 aromatic heterocycles. The van der Waals surface area contributed by atoms with Crippen LogP contribution in [0.25, 0.3) is 0 Å². The Kier molecular flexibility index (Phi) is 5.36. The van der Waals surface area contributed by atoms with Gasteiger partial charge in [0.2, 0.25) is 5.91 Å². The Bertz CT molecular complexity index is 430. The fourth-order valence-corrected chi connectivity index (χ4v) is 1.65. The summed E-state index contributed by atoms with van der Waals surface area (Å²) >= 11 is 0. The Morgan fingerprint density at radius 2 is 2.28 bits per heavy atom. The number of methoxy groups -OCH3 is 1. The van der Waals surface area contributed by atoms with Gasteiger partial charge >= 0.3 is 0 Å². The molecule has 1 amide bonds. The summed E-state index contributed by atoms with van der Waals surface area (Å²) in [5.41, 5.74) is 1.94. The van der Waals surface area contributed by atoms with Crippen LogP contribution < -0.4 is 10.1 Å². The highest BCUT2D eigenvalue weighted by molar-refractivity contribution is 5.78. The summed E-state index contributed by atoms with van der Waals surface area (Å²) in [6.07, 6.45) is 4.06. The van der Waals surface area contributed by atoms with Crippen LogP contribution in [0.4, 0.5) is 0 Å². The predicted octanol–water partition coefficient (Wildman–Crippen LogP) is 2.31. The second-order valence-corrected chi connectivity index (χ2v) is 4.51. The van der Waals surface area contributed by atoms with E-state index in [-0.39, 0.29) is 11.8 Å². The number of nitrogens with one attached hydrogen (secondary N) is 1. The number of pyridine rings is 1. The molecule has 0 saturated heterocycles.